The minimum absolute atomic E-state index is 0.0598. The molecule has 0 spiro atoms. The maximum absolute atomic E-state index is 13.5. The Morgan fingerprint density at radius 2 is 2.08 bits per heavy atom. The highest BCUT2D eigenvalue weighted by atomic mass is 32.2. The second-order valence-corrected chi connectivity index (χ2v) is 13.1. The van der Waals surface area contributed by atoms with Crippen LogP contribution >= 0.6 is 11.8 Å². The summed E-state index contributed by atoms with van der Waals surface area (Å²) in [6.45, 7) is 12.4. The lowest BCUT2D eigenvalue weighted by Crippen LogP contribution is -2.63. The SMILES string of the molecule is C=C[C@]1(C)C[C@@H](OC(=O)CSc2nc3ncccc3c(=O)[nH]2)[C@]2(C)[C@H](C)CC[C@]3(CCC(=O)[C@H]32)[C@@H](C)[C@@H]1O. The molecule has 0 amide bonds. The molecular formula is C29H37N3O5S. The van der Waals surface area contributed by atoms with Crippen LogP contribution in [0.5, 0.6) is 0 Å². The molecule has 0 aromatic carbocycles. The van der Waals surface area contributed by atoms with E-state index in [9.17, 15) is 19.5 Å². The number of thioether (sulfide) groups is 1. The van der Waals surface area contributed by atoms with Gasteiger partial charge in [-0.05, 0) is 55.1 Å². The number of aliphatic hydroxyl groups excluding tert-OH is 1. The summed E-state index contributed by atoms with van der Waals surface area (Å²) >= 11 is 1.09. The van der Waals surface area contributed by atoms with Gasteiger partial charge in [-0.3, -0.25) is 14.4 Å². The molecule has 3 fully saturated rings. The van der Waals surface area contributed by atoms with Gasteiger partial charge in [0.1, 0.15) is 11.9 Å². The van der Waals surface area contributed by atoms with Gasteiger partial charge in [0.15, 0.2) is 10.8 Å². The fraction of sp³-hybridized carbons (Fsp3) is 0.621. The molecule has 2 aromatic rings. The number of ketones is 1. The highest BCUT2D eigenvalue weighted by molar-refractivity contribution is 7.99. The van der Waals surface area contributed by atoms with E-state index in [0.29, 0.717) is 29.0 Å². The molecule has 3 aliphatic carbocycles. The van der Waals surface area contributed by atoms with Crippen LogP contribution in [-0.2, 0) is 14.3 Å². The number of hydrogen-bond acceptors (Lipinski definition) is 8. The number of Topliss-reactive ketones (excluding diaryl/α,β-unsaturated/α-hetero) is 1. The minimum atomic E-state index is -0.707. The Kier molecular flexibility index (Phi) is 6.83. The molecule has 204 valence electrons. The molecule has 9 heteroatoms. The molecule has 8 atom stereocenters. The van der Waals surface area contributed by atoms with Gasteiger partial charge in [0.25, 0.3) is 5.56 Å². The largest absolute Gasteiger partial charge is 0.461 e. The zero-order valence-corrected chi connectivity index (χ0v) is 23.3. The number of esters is 1. The van der Waals surface area contributed by atoms with Crippen LogP contribution in [0.4, 0.5) is 0 Å². The molecule has 38 heavy (non-hydrogen) atoms. The van der Waals surface area contributed by atoms with Crippen LogP contribution in [0.15, 0.2) is 40.9 Å². The van der Waals surface area contributed by atoms with Gasteiger partial charge in [0.05, 0.1) is 17.2 Å². The van der Waals surface area contributed by atoms with E-state index >= 15 is 0 Å². The van der Waals surface area contributed by atoms with Crippen LogP contribution in [0.25, 0.3) is 11.0 Å². The number of hydrogen-bond donors (Lipinski definition) is 2. The maximum Gasteiger partial charge on any atom is 0.316 e. The highest BCUT2D eigenvalue weighted by Gasteiger charge is 2.68. The fourth-order valence-corrected chi connectivity index (χ4v) is 8.48. The van der Waals surface area contributed by atoms with Crippen LogP contribution in [0.3, 0.4) is 0 Å². The number of ether oxygens (including phenoxy) is 1. The zero-order valence-electron chi connectivity index (χ0n) is 22.5. The van der Waals surface area contributed by atoms with E-state index in [-0.39, 0.29) is 40.3 Å². The summed E-state index contributed by atoms with van der Waals surface area (Å²) in [6.07, 6.45) is 5.52. The quantitative estimate of drug-likeness (QED) is 0.249. The first-order valence-corrected chi connectivity index (χ1v) is 14.5. The first-order valence-electron chi connectivity index (χ1n) is 13.5. The van der Waals surface area contributed by atoms with E-state index < -0.39 is 29.0 Å². The summed E-state index contributed by atoms with van der Waals surface area (Å²) in [7, 11) is 0. The standard InChI is InChI=1S/C29H37N3O5S/c1-6-27(4)14-20(37-21(34)15-38-26-31-24-18(25(36)32-26)8-7-13-30-24)28(5)16(2)9-11-29(17(3)23(27)35)12-10-19(33)22(28)29/h6-8,13,16-17,20,22-23,35H,1,9-12,14-15H2,2-5H3,(H,30,31,32,36)/t16-,17+,20-,22+,23+,27-,28+,29+/m1/s1. The molecule has 0 aliphatic heterocycles. The topological polar surface area (TPSA) is 122 Å². The Morgan fingerprint density at radius 3 is 2.82 bits per heavy atom. The molecule has 2 bridgehead atoms. The van der Waals surface area contributed by atoms with E-state index in [1.807, 2.05) is 6.92 Å². The van der Waals surface area contributed by atoms with Crippen molar-refractivity contribution in [3.05, 3.63) is 41.3 Å². The van der Waals surface area contributed by atoms with Crippen molar-refractivity contribution in [1.29, 1.82) is 0 Å². The number of carbonyl (C=O) groups is 2. The van der Waals surface area contributed by atoms with Crippen molar-refractivity contribution in [2.24, 2.45) is 34.0 Å². The molecule has 3 aliphatic rings. The molecule has 0 radical (unpaired) electrons. The Morgan fingerprint density at radius 1 is 1.32 bits per heavy atom. The lowest BCUT2D eigenvalue weighted by Gasteiger charge is -2.61. The van der Waals surface area contributed by atoms with Gasteiger partial charge in [-0.1, -0.05) is 45.5 Å². The Hall–Kier alpha value is -2.52. The third-order valence-corrected chi connectivity index (χ3v) is 11.2. The van der Waals surface area contributed by atoms with Crippen LogP contribution in [0.1, 0.15) is 59.8 Å². The van der Waals surface area contributed by atoms with Gasteiger partial charge in [0.2, 0.25) is 0 Å². The smallest absolute Gasteiger partial charge is 0.316 e. The number of carbonyl (C=O) groups excluding carboxylic acids is 2. The number of aliphatic hydroxyl groups is 1. The van der Waals surface area contributed by atoms with E-state index in [4.69, 9.17) is 4.74 Å². The summed E-state index contributed by atoms with van der Waals surface area (Å²) < 4.78 is 6.25. The van der Waals surface area contributed by atoms with Crippen molar-refractivity contribution in [3.8, 4) is 0 Å². The van der Waals surface area contributed by atoms with E-state index in [1.54, 1.807) is 24.4 Å². The van der Waals surface area contributed by atoms with E-state index in [0.717, 1.165) is 31.0 Å². The van der Waals surface area contributed by atoms with Crippen molar-refractivity contribution >= 4 is 34.5 Å². The molecule has 0 unspecified atom stereocenters. The van der Waals surface area contributed by atoms with Crippen LogP contribution in [0.2, 0.25) is 0 Å². The van der Waals surface area contributed by atoms with Gasteiger partial charge >= 0.3 is 5.97 Å². The normalized spacial score (nSPS) is 38.8. The molecule has 3 saturated carbocycles. The molecule has 2 heterocycles. The Balaban J connectivity index is 1.45. The lowest BCUT2D eigenvalue weighted by atomic mass is 9.44. The van der Waals surface area contributed by atoms with Crippen molar-refractivity contribution in [2.75, 3.05) is 5.75 Å². The van der Waals surface area contributed by atoms with Crippen molar-refractivity contribution in [1.82, 2.24) is 15.0 Å². The Bertz CT molecular complexity index is 1340. The molecule has 2 aromatic heterocycles. The van der Waals surface area contributed by atoms with Gasteiger partial charge in [0, 0.05) is 29.4 Å². The number of nitrogens with one attached hydrogen (secondary N) is 1. The fourth-order valence-electron chi connectivity index (χ4n) is 7.84. The molecule has 2 N–H and O–H groups in total. The molecular weight excluding hydrogens is 502 g/mol. The monoisotopic (exact) mass is 539 g/mol. The summed E-state index contributed by atoms with van der Waals surface area (Å²) in [4.78, 5) is 50.4. The average Bonchev–Trinajstić information content (AvgIpc) is 3.26. The van der Waals surface area contributed by atoms with Gasteiger partial charge in [-0.2, -0.15) is 0 Å². The summed E-state index contributed by atoms with van der Waals surface area (Å²) in [5, 5.41) is 12.3. The first-order chi connectivity index (χ1) is 18.0. The first kappa shape index (κ1) is 27.1. The lowest BCUT2D eigenvalue weighted by molar-refractivity contribution is -0.205. The zero-order chi connectivity index (χ0) is 27.5. The van der Waals surface area contributed by atoms with Crippen molar-refractivity contribution in [2.45, 2.75) is 77.2 Å². The minimum Gasteiger partial charge on any atom is -0.461 e. The molecule has 0 saturated heterocycles. The number of pyridine rings is 1. The van der Waals surface area contributed by atoms with Crippen LogP contribution in [-0.4, -0.2) is 49.8 Å². The van der Waals surface area contributed by atoms with E-state index in [1.165, 1.54) is 0 Å². The summed E-state index contributed by atoms with van der Waals surface area (Å²) in [6, 6.07) is 3.32. The summed E-state index contributed by atoms with van der Waals surface area (Å²) in [5.74, 6) is -0.475. The second-order valence-electron chi connectivity index (χ2n) is 12.1. The predicted molar refractivity (Wildman–Crippen MR) is 146 cm³/mol. The second kappa shape index (κ2) is 9.59. The Labute approximate surface area is 227 Å². The van der Waals surface area contributed by atoms with Gasteiger partial charge in [-0.25, -0.2) is 9.97 Å². The number of aromatic amines is 1. The average molecular weight is 540 g/mol. The number of fused-ring (bicyclic) bond motifs is 1. The van der Waals surface area contributed by atoms with Gasteiger partial charge in [-0.15, -0.1) is 6.58 Å². The van der Waals surface area contributed by atoms with Crippen LogP contribution < -0.4 is 5.56 Å². The van der Waals surface area contributed by atoms with Crippen molar-refractivity contribution in [3.63, 3.8) is 0 Å². The maximum atomic E-state index is 13.5. The third kappa shape index (κ3) is 4.04. The number of aromatic nitrogens is 3. The summed E-state index contributed by atoms with van der Waals surface area (Å²) in [5.41, 5.74) is -1.57. The molecule has 8 nitrogen and oxygen atoms in total. The van der Waals surface area contributed by atoms with Crippen LogP contribution in [0, 0.1) is 34.0 Å². The molecule has 5 rings (SSSR count). The highest BCUT2D eigenvalue weighted by Crippen LogP contribution is 2.68. The predicted octanol–water partition coefficient (Wildman–Crippen LogP) is 4.32. The number of nitrogens with zero attached hydrogens (tertiary/aromatic N) is 2. The van der Waals surface area contributed by atoms with Gasteiger partial charge < -0.3 is 14.8 Å². The van der Waals surface area contributed by atoms with Crippen molar-refractivity contribution < 1.29 is 19.4 Å². The number of H-pyrrole nitrogens is 1. The van der Waals surface area contributed by atoms with E-state index in [2.05, 4.69) is 42.3 Å². The number of rotatable bonds is 5. The third-order valence-electron chi connectivity index (χ3n) is 10.4.